The first-order valence-corrected chi connectivity index (χ1v) is 11.0. The average molecular weight is 384 g/mol. The summed E-state index contributed by atoms with van der Waals surface area (Å²) >= 11 is 0. The summed E-state index contributed by atoms with van der Waals surface area (Å²) in [6.07, 6.45) is 10.1. The normalized spacial score (nSPS) is 11.2. The second kappa shape index (κ2) is 12.5. The minimum absolute atomic E-state index is 0.0356. The summed E-state index contributed by atoms with van der Waals surface area (Å²) < 4.78 is 0. The second-order valence-electron chi connectivity index (χ2n) is 7.76. The Balaban J connectivity index is 2.17. The van der Waals surface area contributed by atoms with E-state index >= 15 is 0 Å². The second-order valence-corrected chi connectivity index (χ2v) is 7.76. The molecule has 0 saturated heterocycles. The molecule has 0 aromatic heterocycles. The summed E-state index contributed by atoms with van der Waals surface area (Å²) in [4.78, 5) is 2.52. The molecule has 3 nitrogen and oxygen atoms in total. The molecular formula is C25H37NO2. The van der Waals surface area contributed by atoms with E-state index in [-0.39, 0.29) is 11.5 Å². The fraction of sp³-hybridized carbons (Fsp3) is 0.520. The Bertz CT molecular complexity index is 672. The van der Waals surface area contributed by atoms with Crippen LogP contribution >= 0.6 is 0 Å². The highest BCUT2D eigenvalue weighted by molar-refractivity contribution is 5.70. The van der Waals surface area contributed by atoms with E-state index < -0.39 is 0 Å². The fourth-order valence-corrected chi connectivity index (χ4v) is 3.67. The third kappa shape index (κ3) is 7.20. The van der Waals surface area contributed by atoms with E-state index in [0.717, 1.165) is 36.3 Å². The van der Waals surface area contributed by atoms with Crippen molar-refractivity contribution < 1.29 is 10.2 Å². The van der Waals surface area contributed by atoms with Gasteiger partial charge in [-0.05, 0) is 54.8 Å². The molecule has 2 N–H and O–H groups in total. The molecule has 0 unspecified atom stereocenters. The molecule has 2 aromatic rings. The van der Waals surface area contributed by atoms with Gasteiger partial charge in [-0.25, -0.2) is 0 Å². The third-order valence-corrected chi connectivity index (χ3v) is 5.33. The van der Waals surface area contributed by atoms with Crippen LogP contribution in [0.3, 0.4) is 0 Å². The number of rotatable bonds is 13. The topological polar surface area (TPSA) is 43.7 Å². The van der Waals surface area contributed by atoms with Gasteiger partial charge in [-0.15, -0.1) is 0 Å². The average Bonchev–Trinajstić information content (AvgIpc) is 2.71. The summed E-state index contributed by atoms with van der Waals surface area (Å²) in [5.74, 6) is -0.0911. The van der Waals surface area contributed by atoms with Crippen LogP contribution in [-0.2, 0) is 6.54 Å². The molecule has 0 aliphatic heterocycles. The van der Waals surface area contributed by atoms with Gasteiger partial charge in [0, 0.05) is 6.54 Å². The van der Waals surface area contributed by atoms with Crippen molar-refractivity contribution in [2.45, 2.75) is 71.8 Å². The van der Waals surface area contributed by atoms with Crippen LogP contribution in [-0.4, -0.2) is 28.2 Å². The van der Waals surface area contributed by atoms with E-state index in [1.807, 2.05) is 18.2 Å². The highest BCUT2D eigenvalue weighted by Crippen LogP contribution is 2.35. The number of benzene rings is 2. The molecular weight excluding hydrogens is 346 g/mol. The Morgan fingerprint density at radius 2 is 1.29 bits per heavy atom. The van der Waals surface area contributed by atoms with Crippen LogP contribution in [0.5, 0.6) is 11.5 Å². The fourth-order valence-electron chi connectivity index (χ4n) is 3.67. The standard InChI is InChI=1S/C25H37NO2/c1-3-5-7-12-16-26(17-13-8-6-4-2)20-22-18-24(27)25(28)19-23(22)21-14-10-9-11-15-21/h9-11,14-15,18-19,27-28H,3-8,12-13,16-17,20H2,1-2H3. The first-order chi connectivity index (χ1) is 13.7. The highest BCUT2D eigenvalue weighted by Gasteiger charge is 2.14. The zero-order valence-electron chi connectivity index (χ0n) is 17.7. The zero-order chi connectivity index (χ0) is 20.2. The van der Waals surface area contributed by atoms with E-state index in [9.17, 15) is 10.2 Å². The maximum atomic E-state index is 10.1. The number of hydrogen-bond donors (Lipinski definition) is 2. The maximum Gasteiger partial charge on any atom is 0.158 e. The Kier molecular flexibility index (Phi) is 9.92. The van der Waals surface area contributed by atoms with Crippen LogP contribution in [0.15, 0.2) is 42.5 Å². The van der Waals surface area contributed by atoms with Gasteiger partial charge in [-0.2, -0.15) is 0 Å². The molecule has 2 aromatic carbocycles. The quantitative estimate of drug-likeness (QED) is 0.298. The Labute approximate surface area is 171 Å². The van der Waals surface area contributed by atoms with Crippen molar-refractivity contribution in [3.63, 3.8) is 0 Å². The summed E-state index contributed by atoms with van der Waals surface area (Å²) in [6.45, 7) is 7.46. The van der Waals surface area contributed by atoms with Crippen molar-refractivity contribution in [1.29, 1.82) is 0 Å². The Hall–Kier alpha value is -2.00. The van der Waals surface area contributed by atoms with Gasteiger partial charge in [0.2, 0.25) is 0 Å². The monoisotopic (exact) mass is 383 g/mol. The van der Waals surface area contributed by atoms with Crippen molar-refractivity contribution in [2.24, 2.45) is 0 Å². The lowest BCUT2D eigenvalue weighted by atomic mass is 9.98. The van der Waals surface area contributed by atoms with Crippen LogP contribution < -0.4 is 0 Å². The Morgan fingerprint density at radius 1 is 0.714 bits per heavy atom. The van der Waals surface area contributed by atoms with Crippen molar-refractivity contribution in [2.75, 3.05) is 13.1 Å². The molecule has 0 fully saturated rings. The van der Waals surface area contributed by atoms with Gasteiger partial charge >= 0.3 is 0 Å². The molecule has 0 radical (unpaired) electrons. The summed E-state index contributed by atoms with van der Waals surface area (Å²) in [7, 11) is 0. The minimum atomic E-state index is -0.0555. The number of phenolic OH excluding ortho intramolecular Hbond substituents is 2. The smallest absolute Gasteiger partial charge is 0.158 e. The molecule has 0 saturated carbocycles. The van der Waals surface area contributed by atoms with Gasteiger partial charge in [0.1, 0.15) is 0 Å². The van der Waals surface area contributed by atoms with Crippen molar-refractivity contribution >= 4 is 0 Å². The molecule has 3 heteroatoms. The minimum Gasteiger partial charge on any atom is -0.504 e. The molecule has 0 amide bonds. The van der Waals surface area contributed by atoms with Gasteiger partial charge < -0.3 is 10.2 Å². The SMILES string of the molecule is CCCCCCN(CCCCCC)Cc1cc(O)c(O)cc1-c1ccccc1. The van der Waals surface area contributed by atoms with Crippen LogP contribution in [0.1, 0.15) is 70.8 Å². The molecule has 154 valence electrons. The van der Waals surface area contributed by atoms with Gasteiger partial charge in [0.05, 0.1) is 0 Å². The third-order valence-electron chi connectivity index (χ3n) is 5.33. The highest BCUT2D eigenvalue weighted by atomic mass is 16.3. The molecule has 0 aliphatic carbocycles. The van der Waals surface area contributed by atoms with Crippen LogP contribution in [0.2, 0.25) is 0 Å². The van der Waals surface area contributed by atoms with Gasteiger partial charge in [0.25, 0.3) is 0 Å². The van der Waals surface area contributed by atoms with Crippen molar-refractivity contribution in [3.05, 3.63) is 48.0 Å². The lowest BCUT2D eigenvalue weighted by molar-refractivity contribution is 0.252. The largest absolute Gasteiger partial charge is 0.504 e. The summed E-state index contributed by atoms with van der Waals surface area (Å²) in [5.41, 5.74) is 3.15. The van der Waals surface area contributed by atoms with Crippen molar-refractivity contribution in [1.82, 2.24) is 4.90 Å². The van der Waals surface area contributed by atoms with Gasteiger partial charge in [-0.1, -0.05) is 82.7 Å². The molecule has 0 spiro atoms. The molecule has 0 aliphatic rings. The number of unbranched alkanes of at least 4 members (excludes halogenated alkanes) is 6. The van der Waals surface area contributed by atoms with E-state index in [1.54, 1.807) is 12.1 Å². The van der Waals surface area contributed by atoms with Crippen molar-refractivity contribution in [3.8, 4) is 22.6 Å². The summed E-state index contributed by atoms with van der Waals surface area (Å²) in [5, 5.41) is 20.2. The first-order valence-electron chi connectivity index (χ1n) is 11.0. The number of hydrogen-bond acceptors (Lipinski definition) is 3. The van der Waals surface area contributed by atoms with E-state index in [1.165, 1.54) is 51.4 Å². The lowest BCUT2D eigenvalue weighted by Gasteiger charge is -2.24. The predicted octanol–water partition coefficient (Wildman–Crippen LogP) is 6.73. The van der Waals surface area contributed by atoms with Gasteiger partial charge in [0.15, 0.2) is 11.5 Å². The number of nitrogens with zero attached hydrogens (tertiary/aromatic N) is 1. The molecule has 0 atom stereocenters. The molecule has 0 heterocycles. The van der Waals surface area contributed by atoms with E-state index in [4.69, 9.17) is 0 Å². The molecule has 0 bridgehead atoms. The predicted molar refractivity (Wildman–Crippen MR) is 119 cm³/mol. The number of aromatic hydroxyl groups is 2. The zero-order valence-corrected chi connectivity index (χ0v) is 17.7. The lowest BCUT2D eigenvalue weighted by Crippen LogP contribution is -2.26. The summed E-state index contributed by atoms with van der Waals surface area (Å²) in [6, 6.07) is 13.6. The van der Waals surface area contributed by atoms with Crippen LogP contribution in [0.25, 0.3) is 11.1 Å². The van der Waals surface area contributed by atoms with Crippen LogP contribution in [0, 0.1) is 0 Å². The maximum absolute atomic E-state index is 10.1. The number of phenols is 2. The van der Waals surface area contributed by atoms with E-state index in [0.29, 0.717) is 0 Å². The van der Waals surface area contributed by atoms with Crippen LogP contribution in [0.4, 0.5) is 0 Å². The van der Waals surface area contributed by atoms with E-state index in [2.05, 4.69) is 30.9 Å². The molecule has 2 rings (SSSR count). The Morgan fingerprint density at radius 3 is 1.86 bits per heavy atom. The van der Waals surface area contributed by atoms with Gasteiger partial charge in [-0.3, -0.25) is 4.90 Å². The first kappa shape index (κ1) is 22.3. The molecule has 28 heavy (non-hydrogen) atoms.